The van der Waals surface area contributed by atoms with Gasteiger partial charge in [-0.05, 0) is 42.0 Å². The minimum absolute atomic E-state index is 0.0677. The highest BCUT2D eigenvalue weighted by atomic mass is 35.5. The molecule has 10 heteroatoms. The van der Waals surface area contributed by atoms with Gasteiger partial charge in [0.05, 0.1) is 38.8 Å². The number of nitrogens with zero attached hydrogens (tertiary/aromatic N) is 2. The van der Waals surface area contributed by atoms with Gasteiger partial charge in [-0.3, -0.25) is 18.7 Å². The second-order valence-corrected chi connectivity index (χ2v) is 8.26. The summed E-state index contributed by atoms with van der Waals surface area (Å²) >= 11 is 6.29. The van der Waals surface area contributed by atoms with E-state index >= 15 is 0 Å². The Morgan fingerprint density at radius 3 is 2.19 bits per heavy atom. The number of hydrogen-bond acceptors (Lipinski definition) is 6. The minimum Gasteiger partial charge on any atom is -0.497 e. The number of aromatic nitrogens is 2. The van der Waals surface area contributed by atoms with Crippen molar-refractivity contribution in [2.24, 2.45) is 0 Å². The standard InChI is InChI=1S/C26H24ClN3O6/c1-34-18-10-8-17(9-11-18)28-24(31)15-29-21-13-23(36-3)22(35-2)12-19(21)25(32)30(26(29)33)14-16-6-4-5-7-20(16)27/h4-13H,14-15H2,1-3H3,(H,28,31). The Balaban J connectivity index is 1.83. The maximum Gasteiger partial charge on any atom is 0.332 e. The van der Waals surface area contributed by atoms with Gasteiger partial charge in [-0.1, -0.05) is 29.8 Å². The number of methoxy groups -OCH3 is 3. The molecule has 4 aromatic rings. The van der Waals surface area contributed by atoms with E-state index in [1.54, 1.807) is 55.6 Å². The number of fused-ring (bicyclic) bond motifs is 1. The monoisotopic (exact) mass is 509 g/mol. The van der Waals surface area contributed by atoms with Crippen LogP contribution in [0.3, 0.4) is 0 Å². The first-order valence-electron chi connectivity index (χ1n) is 10.9. The fourth-order valence-corrected chi connectivity index (χ4v) is 4.05. The lowest BCUT2D eigenvalue weighted by molar-refractivity contribution is -0.116. The second kappa shape index (κ2) is 10.6. The van der Waals surface area contributed by atoms with Gasteiger partial charge in [0.25, 0.3) is 5.56 Å². The normalized spacial score (nSPS) is 10.8. The smallest absolute Gasteiger partial charge is 0.332 e. The first-order chi connectivity index (χ1) is 17.4. The second-order valence-electron chi connectivity index (χ2n) is 7.85. The first kappa shape index (κ1) is 24.9. The highest BCUT2D eigenvalue weighted by molar-refractivity contribution is 6.31. The molecule has 0 aliphatic heterocycles. The average Bonchev–Trinajstić information content (AvgIpc) is 2.89. The van der Waals surface area contributed by atoms with Crippen LogP contribution in [0.5, 0.6) is 17.2 Å². The van der Waals surface area contributed by atoms with Crippen molar-refractivity contribution in [1.82, 2.24) is 9.13 Å². The molecule has 0 atom stereocenters. The number of carbonyl (C=O) groups excluding carboxylic acids is 1. The zero-order valence-corrected chi connectivity index (χ0v) is 20.7. The molecule has 0 fully saturated rings. The molecule has 3 aromatic carbocycles. The van der Waals surface area contributed by atoms with E-state index in [9.17, 15) is 14.4 Å². The summed E-state index contributed by atoms with van der Waals surface area (Å²) < 4.78 is 18.1. The number of nitrogens with one attached hydrogen (secondary N) is 1. The van der Waals surface area contributed by atoms with E-state index in [1.165, 1.54) is 30.9 Å². The molecule has 0 aliphatic rings. The van der Waals surface area contributed by atoms with Gasteiger partial charge in [0.1, 0.15) is 12.3 Å². The van der Waals surface area contributed by atoms with Gasteiger partial charge in [0.2, 0.25) is 5.91 Å². The van der Waals surface area contributed by atoms with E-state index in [0.29, 0.717) is 33.5 Å². The molecule has 186 valence electrons. The van der Waals surface area contributed by atoms with Crippen LogP contribution < -0.4 is 30.8 Å². The maximum absolute atomic E-state index is 13.6. The molecule has 4 rings (SSSR count). The largest absolute Gasteiger partial charge is 0.497 e. The van der Waals surface area contributed by atoms with Crippen molar-refractivity contribution in [1.29, 1.82) is 0 Å². The fourth-order valence-electron chi connectivity index (χ4n) is 3.85. The molecule has 9 nitrogen and oxygen atoms in total. The van der Waals surface area contributed by atoms with Crippen molar-refractivity contribution >= 4 is 34.1 Å². The first-order valence-corrected chi connectivity index (χ1v) is 11.3. The van der Waals surface area contributed by atoms with Crippen LogP contribution in [0.1, 0.15) is 5.56 Å². The molecule has 1 aromatic heterocycles. The Kier molecular flexibility index (Phi) is 7.30. The Hall–Kier alpha value is -4.24. The Morgan fingerprint density at radius 1 is 0.889 bits per heavy atom. The molecular weight excluding hydrogens is 486 g/mol. The molecule has 0 spiro atoms. The van der Waals surface area contributed by atoms with E-state index in [2.05, 4.69) is 5.32 Å². The highest BCUT2D eigenvalue weighted by Crippen LogP contribution is 2.30. The SMILES string of the molecule is COc1ccc(NC(=O)Cn2c(=O)n(Cc3ccccc3Cl)c(=O)c3cc(OC)c(OC)cc32)cc1. The molecule has 0 radical (unpaired) electrons. The molecule has 0 saturated heterocycles. The third-order valence-corrected chi connectivity index (χ3v) is 6.06. The third-order valence-electron chi connectivity index (χ3n) is 5.69. The number of anilines is 1. The Morgan fingerprint density at radius 2 is 1.56 bits per heavy atom. The lowest BCUT2D eigenvalue weighted by atomic mass is 10.2. The van der Waals surface area contributed by atoms with Gasteiger partial charge in [-0.25, -0.2) is 4.79 Å². The molecule has 1 N–H and O–H groups in total. The zero-order chi connectivity index (χ0) is 25.8. The molecule has 0 aliphatic carbocycles. The summed E-state index contributed by atoms with van der Waals surface area (Å²) in [6, 6.07) is 16.7. The van der Waals surface area contributed by atoms with Crippen molar-refractivity contribution in [3.63, 3.8) is 0 Å². The van der Waals surface area contributed by atoms with Crippen molar-refractivity contribution in [2.45, 2.75) is 13.1 Å². The van der Waals surface area contributed by atoms with Crippen molar-refractivity contribution in [3.8, 4) is 17.2 Å². The van der Waals surface area contributed by atoms with Gasteiger partial charge >= 0.3 is 5.69 Å². The molecule has 0 saturated carbocycles. The number of rotatable bonds is 8. The van der Waals surface area contributed by atoms with Crippen LogP contribution in [-0.4, -0.2) is 36.4 Å². The highest BCUT2D eigenvalue weighted by Gasteiger charge is 2.19. The Bertz CT molecular complexity index is 1540. The third kappa shape index (κ3) is 4.92. The van der Waals surface area contributed by atoms with Crippen molar-refractivity contribution in [2.75, 3.05) is 26.6 Å². The van der Waals surface area contributed by atoms with E-state index in [-0.39, 0.29) is 24.0 Å². The lowest BCUT2D eigenvalue weighted by Crippen LogP contribution is -2.42. The summed E-state index contributed by atoms with van der Waals surface area (Å²) in [7, 11) is 4.44. The number of amides is 1. The molecule has 36 heavy (non-hydrogen) atoms. The summed E-state index contributed by atoms with van der Waals surface area (Å²) in [5.41, 5.74) is 0.157. The van der Waals surface area contributed by atoms with Crippen LogP contribution in [0.15, 0.2) is 70.3 Å². The molecule has 1 heterocycles. The van der Waals surface area contributed by atoms with Crippen molar-refractivity contribution in [3.05, 3.63) is 92.1 Å². The molecular formula is C26H24ClN3O6. The topological polar surface area (TPSA) is 101 Å². The van der Waals surface area contributed by atoms with E-state index in [1.807, 2.05) is 0 Å². The predicted molar refractivity (Wildman–Crippen MR) is 138 cm³/mol. The lowest BCUT2D eigenvalue weighted by Gasteiger charge is -2.17. The van der Waals surface area contributed by atoms with Crippen LogP contribution in [-0.2, 0) is 17.9 Å². The zero-order valence-electron chi connectivity index (χ0n) is 19.9. The van der Waals surface area contributed by atoms with Crippen molar-refractivity contribution < 1.29 is 19.0 Å². The molecule has 0 bridgehead atoms. The predicted octanol–water partition coefficient (Wildman–Crippen LogP) is 3.53. The summed E-state index contributed by atoms with van der Waals surface area (Å²) in [5.74, 6) is 0.820. The van der Waals surface area contributed by atoms with E-state index < -0.39 is 17.2 Å². The van der Waals surface area contributed by atoms with Gasteiger partial charge in [-0.15, -0.1) is 0 Å². The van der Waals surface area contributed by atoms with E-state index in [4.69, 9.17) is 25.8 Å². The van der Waals surface area contributed by atoms with Gasteiger partial charge < -0.3 is 19.5 Å². The summed E-state index contributed by atoms with van der Waals surface area (Å²) in [6.07, 6.45) is 0. The van der Waals surface area contributed by atoms with Gasteiger partial charge in [-0.2, -0.15) is 0 Å². The molecule has 0 unspecified atom stereocenters. The van der Waals surface area contributed by atoms with Crippen LogP contribution in [0.25, 0.3) is 10.9 Å². The quantitative estimate of drug-likeness (QED) is 0.390. The Labute approximate surface area is 211 Å². The number of halogens is 1. The summed E-state index contributed by atoms with van der Waals surface area (Å²) in [4.78, 5) is 39.9. The van der Waals surface area contributed by atoms with Gasteiger partial charge in [0.15, 0.2) is 11.5 Å². The number of benzene rings is 3. The molecule has 1 amide bonds. The summed E-state index contributed by atoms with van der Waals surface area (Å²) in [6.45, 7) is -0.415. The van der Waals surface area contributed by atoms with Crippen LogP contribution in [0, 0.1) is 0 Å². The summed E-state index contributed by atoms with van der Waals surface area (Å²) in [5, 5.41) is 3.37. The number of ether oxygens (including phenoxy) is 3. The van der Waals surface area contributed by atoms with Crippen LogP contribution in [0.2, 0.25) is 5.02 Å². The number of carbonyl (C=O) groups is 1. The van der Waals surface area contributed by atoms with Gasteiger partial charge in [0, 0.05) is 16.8 Å². The van der Waals surface area contributed by atoms with Crippen LogP contribution >= 0.6 is 11.6 Å². The minimum atomic E-state index is -0.662. The number of hydrogen-bond donors (Lipinski definition) is 1. The average molecular weight is 510 g/mol. The maximum atomic E-state index is 13.6. The van der Waals surface area contributed by atoms with Crippen LogP contribution in [0.4, 0.5) is 5.69 Å². The van der Waals surface area contributed by atoms with E-state index in [0.717, 1.165) is 4.57 Å². The fraction of sp³-hybridized carbons (Fsp3) is 0.192.